The molecule has 6 nitrogen and oxygen atoms in total. The van der Waals surface area contributed by atoms with Gasteiger partial charge in [-0.25, -0.2) is 4.68 Å². The molecule has 2 aromatic carbocycles. The molecular weight excluding hydrogens is 424 g/mol. The second-order valence-electron chi connectivity index (χ2n) is 8.08. The van der Waals surface area contributed by atoms with E-state index in [0.29, 0.717) is 23.1 Å². The fraction of sp³-hybridized carbons (Fsp3) is 0.320. The Morgan fingerprint density at radius 3 is 2.53 bits per heavy atom. The van der Waals surface area contributed by atoms with Crippen LogP contribution in [0.4, 0.5) is 5.82 Å². The monoisotopic (exact) mass is 450 g/mol. The number of nitrogens with zero attached hydrogens (tertiary/aromatic N) is 3. The Kier molecular flexibility index (Phi) is 6.90. The first-order chi connectivity index (χ1) is 15.6. The summed E-state index contributed by atoms with van der Waals surface area (Å²) in [5.74, 6) is 0.426. The predicted molar refractivity (Wildman–Crippen MR) is 127 cm³/mol. The lowest BCUT2D eigenvalue weighted by Crippen LogP contribution is -2.39. The molecule has 1 N–H and O–H groups in total. The second-order valence-corrected chi connectivity index (χ2v) is 8.49. The number of carbonyl (C=O) groups excluding carboxylic acids is 2. The number of unbranched alkanes of at least 4 members (excludes halogenated alkanes) is 1. The van der Waals surface area contributed by atoms with Gasteiger partial charge in [0.1, 0.15) is 5.82 Å². The number of para-hydroxylation sites is 1. The number of hydrogen-bond donors (Lipinski definition) is 1. The molecule has 1 saturated carbocycles. The molecule has 32 heavy (non-hydrogen) atoms. The first kappa shape index (κ1) is 22.1. The van der Waals surface area contributed by atoms with Gasteiger partial charge in [0.05, 0.1) is 22.9 Å². The van der Waals surface area contributed by atoms with Crippen LogP contribution in [0.15, 0.2) is 60.7 Å². The van der Waals surface area contributed by atoms with Gasteiger partial charge in [-0.15, -0.1) is 0 Å². The van der Waals surface area contributed by atoms with Crippen LogP contribution in [0.25, 0.3) is 16.9 Å². The van der Waals surface area contributed by atoms with E-state index in [1.165, 1.54) is 0 Å². The van der Waals surface area contributed by atoms with Gasteiger partial charge in [-0.3, -0.25) is 9.59 Å². The van der Waals surface area contributed by atoms with Crippen molar-refractivity contribution in [1.29, 1.82) is 0 Å². The smallest absolute Gasteiger partial charge is 0.245 e. The highest BCUT2D eigenvalue weighted by atomic mass is 35.5. The largest absolute Gasteiger partial charge is 0.333 e. The van der Waals surface area contributed by atoms with Crippen molar-refractivity contribution in [2.75, 3.05) is 18.4 Å². The van der Waals surface area contributed by atoms with Gasteiger partial charge in [-0.05, 0) is 31.4 Å². The zero-order valence-electron chi connectivity index (χ0n) is 18.1. The van der Waals surface area contributed by atoms with Crippen molar-refractivity contribution in [3.05, 3.63) is 65.7 Å². The van der Waals surface area contributed by atoms with Crippen LogP contribution in [0.3, 0.4) is 0 Å². The van der Waals surface area contributed by atoms with E-state index in [1.807, 2.05) is 54.6 Å². The lowest BCUT2D eigenvalue weighted by Gasteiger charge is -2.22. The third kappa shape index (κ3) is 5.19. The molecule has 0 radical (unpaired) electrons. The zero-order chi connectivity index (χ0) is 22.5. The first-order valence-corrected chi connectivity index (χ1v) is 11.4. The van der Waals surface area contributed by atoms with Crippen LogP contribution in [-0.4, -0.2) is 39.6 Å². The molecule has 1 heterocycles. The van der Waals surface area contributed by atoms with E-state index in [4.69, 9.17) is 16.7 Å². The summed E-state index contributed by atoms with van der Waals surface area (Å²) in [6, 6.07) is 18.9. The lowest BCUT2D eigenvalue weighted by molar-refractivity contribution is -0.135. The maximum atomic E-state index is 13.0. The topological polar surface area (TPSA) is 67.2 Å². The number of rotatable bonds is 9. The van der Waals surface area contributed by atoms with E-state index >= 15 is 0 Å². The molecule has 0 atom stereocenters. The molecule has 7 heteroatoms. The summed E-state index contributed by atoms with van der Waals surface area (Å²) in [5.41, 5.74) is 2.32. The first-order valence-electron chi connectivity index (χ1n) is 11.1. The molecule has 0 aliphatic heterocycles. The number of amides is 2. The van der Waals surface area contributed by atoms with Crippen molar-refractivity contribution in [2.45, 2.75) is 32.6 Å². The molecule has 4 rings (SSSR count). The molecule has 1 fully saturated rings. The quantitative estimate of drug-likeness (QED) is 0.489. The van der Waals surface area contributed by atoms with E-state index in [2.05, 4.69) is 12.2 Å². The van der Waals surface area contributed by atoms with Crippen LogP contribution >= 0.6 is 11.6 Å². The Balaban J connectivity index is 1.60. The Bertz CT molecular complexity index is 1090. The normalized spacial score (nSPS) is 13.1. The summed E-state index contributed by atoms with van der Waals surface area (Å²) in [7, 11) is 0. The fourth-order valence-electron chi connectivity index (χ4n) is 3.59. The lowest BCUT2D eigenvalue weighted by atomic mass is 10.1. The van der Waals surface area contributed by atoms with E-state index < -0.39 is 0 Å². The molecule has 0 bridgehead atoms. The average molecular weight is 451 g/mol. The number of carbonyl (C=O) groups is 2. The van der Waals surface area contributed by atoms with Gasteiger partial charge in [0.15, 0.2) is 0 Å². The maximum absolute atomic E-state index is 13.0. The van der Waals surface area contributed by atoms with Crippen molar-refractivity contribution < 1.29 is 9.59 Å². The van der Waals surface area contributed by atoms with Crippen molar-refractivity contribution >= 4 is 29.2 Å². The Hall–Kier alpha value is -3.12. The number of anilines is 1. The number of hydrogen-bond acceptors (Lipinski definition) is 3. The highest BCUT2D eigenvalue weighted by Crippen LogP contribution is 2.31. The van der Waals surface area contributed by atoms with Crippen LogP contribution < -0.4 is 5.32 Å². The van der Waals surface area contributed by atoms with Gasteiger partial charge in [-0.1, -0.05) is 67.4 Å². The van der Waals surface area contributed by atoms with Crippen molar-refractivity contribution in [3.63, 3.8) is 0 Å². The van der Waals surface area contributed by atoms with Gasteiger partial charge >= 0.3 is 0 Å². The van der Waals surface area contributed by atoms with Gasteiger partial charge in [0, 0.05) is 24.1 Å². The molecule has 0 spiro atoms. The summed E-state index contributed by atoms with van der Waals surface area (Å²) in [4.78, 5) is 27.3. The number of benzene rings is 2. The molecule has 1 aromatic heterocycles. The minimum atomic E-state index is -0.247. The van der Waals surface area contributed by atoms with Crippen molar-refractivity contribution in [2.24, 2.45) is 5.92 Å². The minimum Gasteiger partial charge on any atom is -0.333 e. The molecule has 0 saturated heterocycles. The van der Waals surface area contributed by atoms with Gasteiger partial charge in [-0.2, -0.15) is 5.10 Å². The van der Waals surface area contributed by atoms with E-state index in [0.717, 1.165) is 36.9 Å². The van der Waals surface area contributed by atoms with Crippen molar-refractivity contribution in [3.8, 4) is 16.9 Å². The third-order valence-electron chi connectivity index (χ3n) is 5.48. The van der Waals surface area contributed by atoms with Gasteiger partial charge < -0.3 is 10.2 Å². The van der Waals surface area contributed by atoms with E-state index in [9.17, 15) is 9.59 Å². The highest BCUT2D eigenvalue weighted by molar-refractivity contribution is 6.32. The molecule has 1 aliphatic rings. The highest BCUT2D eigenvalue weighted by Gasteiger charge is 2.34. The third-order valence-corrected chi connectivity index (χ3v) is 5.80. The van der Waals surface area contributed by atoms with E-state index in [-0.39, 0.29) is 24.3 Å². The maximum Gasteiger partial charge on any atom is 0.245 e. The number of aromatic nitrogens is 2. The summed E-state index contributed by atoms with van der Waals surface area (Å²) in [6.07, 6.45) is 3.68. The average Bonchev–Trinajstić information content (AvgIpc) is 3.58. The molecular formula is C25H27ClN4O2. The Labute approximate surface area is 193 Å². The molecule has 3 aromatic rings. The standard InChI is InChI=1S/C25H27ClN4O2/c1-2-3-15-29(25(32)19-13-14-19)17-24(31)27-23-16-21(18-9-5-4-6-10-18)28-30(23)22-12-8-7-11-20(22)26/h4-12,16,19H,2-3,13-15,17H2,1H3,(H,27,31). The summed E-state index contributed by atoms with van der Waals surface area (Å²) < 4.78 is 1.64. The molecule has 2 amide bonds. The molecule has 0 unspecified atom stereocenters. The second kappa shape index (κ2) is 10.0. The SMILES string of the molecule is CCCCN(CC(=O)Nc1cc(-c2ccccc2)nn1-c1ccccc1Cl)C(=O)C1CC1. The molecule has 166 valence electrons. The summed E-state index contributed by atoms with van der Waals surface area (Å²) in [6.45, 7) is 2.70. The minimum absolute atomic E-state index is 0.0315. The van der Waals surface area contributed by atoms with Crippen LogP contribution in [0.5, 0.6) is 0 Å². The van der Waals surface area contributed by atoms with Crippen LogP contribution in [0.2, 0.25) is 5.02 Å². The summed E-state index contributed by atoms with van der Waals surface area (Å²) in [5, 5.41) is 8.19. The Morgan fingerprint density at radius 2 is 1.84 bits per heavy atom. The van der Waals surface area contributed by atoms with Gasteiger partial charge in [0.2, 0.25) is 11.8 Å². The van der Waals surface area contributed by atoms with Crippen molar-refractivity contribution in [1.82, 2.24) is 14.7 Å². The summed E-state index contributed by atoms with van der Waals surface area (Å²) >= 11 is 6.42. The number of nitrogens with one attached hydrogen (secondary N) is 1. The zero-order valence-corrected chi connectivity index (χ0v) is 18.9. The van der Waals surface area contributed by atoms with E-state index in [1.54, 1.807) is 15.6 Å². The fourth-order valence-corrected chi connectivity index (χ4v) is 3.80. The molecule has 1 aliphatic carbocycles. The van der Waals surface area contributed by atoms with Crippen LogP contribution in [0.1, 0.15) is 32.6 Å². The Morgan fingerprint density at radius 1 is 1.12 bits per heavy atom. The van der Waals surface area contributed by atoms with Gasteiger partial charge in [0.25, 0.3) is 0 Å². The van der Waals surface area contributed by atoms with Crippen LogP contribution in [-0.2, 0) is 9.59 Å². The van der Waals surface area contributed by atoms with Crippen LogP contribution in [0, 0.1) is 5.92 Å². The number of halogens is 1. The predicted octanol–water partition coefficient (Wildman–Crippen LogP) is 5.17.